The lowest BCUT2D eigenvalue weighted by Gasteiger charge is -2.07. The van der Waals surface area contributed by atoms with E-state index in [0.717, 1.165) is 24.0 Å². The third-order valence-corrected chi connectivity index (χ3v) is 3.10. The Morgan fingerprint density at radius 3 is 2.12 bits per heavy atom. The zero-order valence-electron chi connectivity index (χ0n) is 13.4. The van der Waals surface area contributed by atoms with E-state index >= 15 is 0 Å². The van der Waals surface area contributed by atoms with Crippen LogP contribution in [0, 0.1) is 5.82 Å². The number of hydrogen-bond acceptors (Lipinski definition) is 2. The van der Waals surface area contributed by atoms with Crippen LogP contribution in [0.3, 0.4) is 0 Å². The Labute approximate surface area is 142 Å². The van der Waals surface area contributed by atoms with Crippen LogP contribution in [0.15, 0.2) is 54.8 Å². The van der Waals surface area contributed by atoms with E-state index in [1.165, 1.54) is 17.7 Å². The van der Waals surface area contributed by atoms with Crippen LogP contribution in [0.4, 0.5) is 22.1 Å². The van der Waals surface area contributed by atoms with Crippen LogP contribution in [0.25, 0.3) is 11.1 Å². The molecule has 2 aromatic rings. The topological polar surface area (TPSA) is 18.5 Å². The molecule has 0 aliphatic carbocycles. The normalized spacial score (nSPS) is 9.68. The van der Waals surface area contributed by atoms with Crippen molar-refractivity contribution in [3.8, 4) is 16.9 Å². The monoisotopic (exact) mass is 360 g/mol. The highest BCUT2D eigenvalue weighted by atomic mass is 19.3. The van der Waals surface area contributed by atoms with Gasteiger partial charge in [0.15, 0.2) is 11.6 Å². The number of halogens is 5. The third kappa shape index (κ3) is 7.24. The molecule has 0 unspecified atom stereocenters. The predicted octanol–water partition coefficient (Wildman–Crippen LogP) is 6.38. The van der Waals surface area contributed by atoms with Crippen LogP contribution in [-0.2, 0) is 11.4 Å². The predicted molar refractivity (Wildman–Crippen MR) is 84.9 cm³/mol. The second kappa shape index (κ2) is 11.1. The maximum absolute atomic E-state index is 13.6. The summed E-state index contributed by atoms with van der Waals surface area (Å²) in [6.07, 6.45) is -0.334. The molecule has 0 radical (unpaired) electrons. The SMILES string of the molecule is CCCc1ccc(-c2ccc(OCF)c(F)c2)cc1.FOC=C(F)F. The molecule has 0 atom stereocenters. The largest absolute Gasteiger partial charge is 0.460 e. The van der Waals surface area contributed by atoms with Gasteiger partial charge >= 0.3 is 6.08 Å². The first-order valence-electron chi connectivity index (χ1n) is 7.38. The molecule has 2 rings (SSSR count). The van der Waals surface area contributed by atoms with Gasteiger partial charge in [-0.15, -0.1) is 0 Å². The van der Waals surface area contributed by atoms with E-state index in [-0.39, 0.29) is 12.0 Å². The second-order valence-electron chi connectivity index (χ2n) is 4.84. The lowest BCUT2D eigenvalue weighted by Crippen LogP contribution is -1.93. The van der Waals surface area contributed by atoms with E-state index in [0.29, 0.717) is 0 Å². The zero-order chi connectivity index (χ0) is 18.7. The molecule has 0 aliphatic rings. The van der Waals surface area contributed by atoms with Crippen LogP contribution < -0.4 is 4.74 Å². The summed E-state index contributed by atoms with van der Waals surface area (Å²) in [7, 11) is 0. The van der Waals surface area contributed by atoms with E-state index in [1.807, 2.05) is 24.3 Å². The summed E-state index contributed by atoms with van der Waals surface area (Å²) in [5.41, 5.74) is 2.96. The highest BCUT2D eigenvalue weighted by Crippen LogP contribution is 2.26. The van der Waals surface area contributed by atoms with Crippen molar-refractivity contribution in [1.29, 1.82) is 0 Å². The molecule has 0 N–H and O–H groups in total. The lowest BCUT2D eigenvalue weighted by molar-refractivity contribution is -0.0671. The average Bonchev–Trinajstić information content (AvgIpc) is 2.58. The van der Waals surface area contributed by atoms with Crippen molar-refractivity contribution >= 4 is 0 Å². The van der Waals surface area contributed by atoms with Crippen LogP contribution >= 0.6 is 0 Å². The molecule has 0 amide bonds. The van der Waals surface area contributed by atoms with Crippen molar-refractivity contribution in [1.82, 2.24) is 0 Å². The molecule has 2 nitrogen and oxygen atoms in total. The lowest BCUT2D eigenvalue weighted by atomic mass is 10.0. The maximum atomic E-state index is 13.6. The van der Waals surface area contributed by atoms with Crippen molar-refractivity contribution < 1.29 is 31.8 Å². The molecular formula is C18H17F5O2. The summed E-state index contributed by atoms with van der Waals surface area (Å²) in [5.74, 6) is -0.610. The number of rotatable bonds is 6. The Bertz CT molecular complexity index is 668. The Kier molecular flexibility index (Phi) is 9.06. The number of hydrogen-bond donors (Lipinski definition) is 0. The molecule has 0 aromatic heterocycles. The quantitative estimate of drug-likeness (QED) is 0.440. The molecule has 0 saturated heterocycles. The van der Waals surface area contributed by atoms with Crippen molar-refractivity contribution in [3.63, 3.8) is 0 Å². The maximum Gasteiger partial charge on any atom is 0.308 e. The van der Waals surface area contributed by atoms with Crippen LogP contribution in [-0.4, -0.2) is 6.86 Å². The fourth-order valence-electron chi connectivity index (χ4n) is 2.04. The van der Waals surface area contributed by atoms with Crippen LogP contribution in [0.5, 0.6) is 5.75 Å². The molecule has 0 aliphatic heterocycles. The summed E-state index contributed by atoms with van der Waals surface area (Å²) in [4.78, 5) is 2.39. The number of ether oxygens (including phenoxy) is 1. The summed E-state index contributed by atoms with van der Waals surface area (Å²) in [6, 6.07) is 12.6. The molecular weight excluding hydrogens is 343 g/mol. The highest BCUT2D eigenvalue weighted by molar-refractivity contribution is 5.64. The standard InChI is InChI=1S/C16H16F2O.C2HF3O/c1-2-3-12-4-6-13(7-5-12)14-8-9-16(19-11-17)15(18)10-14;3-2(4)1-6-5/h4-10H,2-3,11H2,1H3;1H. The fourth-order valence-corrected chi connectivity index (χ4v) is 2.04. The van der Waals surface area contributed by atoms with E-state index in [9.17, 15) is 22.1 Å². The van der Waals surface area contributed by atoms with Gasteiger partial charge in [0.2, 0.25) is 13.1 Å². The molecule has 0 fully saturated rings. The van der Waals surface area contributed by atoms with Gasteiger partial charge in [-0.05, 0) is 35.2 Å². The van der Waals surface area contributed by atoms with Gasteiger partial charge in [0.05, 0.1) is 0 Å². The molecule has 136 valence electrons. The van der Waals surface area contributed by atoms with E-state index in [2.05, 4.69) is 16.6 Å². The van der Waals surface area contributed by atoms with Gasteiger partial charge in [0.1, 0.15) is 0 Å². The molecule has 0 saturated carbocycles. The first kappa shape index (κ1) is 20.5. The number of aryl methyl sites for hydroxylation is 1. The number of alkyl halides is 1. The Balaban J connectivity index is 0.000000450. The Hall–Kier alpha value is -2.57. The minimum atomic E-state index is -2.18. The van der Waals surface area contributed by atoms with Gasteiger partial charge in [0, 0.05) is 4.53 Å². The van der Waals surface area contributed by atoms with Crippen LogP contribution in [0.1, 0.15) is 18.9 Å². The first-order chi connectivity index (χ1) is 12.0. The van der Waals surface area contributed by atoms with E-state index < -0.39 is 18.8 Å². The van der Waals surface area contributed by atoms with Crippen molar-refractivity contribution in [2.24, 2.45) is 0 Å². The van der Waals surface area contributed by atoms with Gasteiger partial charge in [-0.2, -0.15) is 8.78 Å². The van der Waals surface area contributed by atoms with Crippen LogP contribution in [0.2, 0.25) is 0 Å². The summed E-state index contributed by atoms with van der Waals surface area (Å²) in [6.45, 7) is 1.11. The smallest absolute Gasteiger partial charge is 0.308 e. The minimum absolute atomic E-state index is 0.0612. The van der Waals surface area contributed by atoms with Gasteiger partial charge in [-0.25, -0.2) is 8.78 Å². The number of benzene rings is 2. The molecule has 0 bridgehead atoms. The summed E-state index contributed by atoms with van der Waals surface area (Å²) >= 11 is 0. The first-order valence-corrected chi connectivity index (χ1v) is 7.38. The summed E-state index contributed by atoms with van der Waals surface area (Å²) < 4.78 is 61.4. The Morgan fingerprint density at radius 1 is 1.04 bits per heavy atom. The van der Waals surface area contributed by atoms with Crippen molar-refractivity contribution in [2.75, 3.05) is 6.86 Å². The third-order valence-electron chi connectivity index (χ3n) is 3.10. The average molecular weight is 360 g/mol. The molecule has 0 heterocycles. The van der Waals surface area contributed by atoms with Crippen molar-refractivity contribution in [3.05, 3.63) is 66.2 Å². The van der Waals surface area contributed by atoms with Gasteiger partial charge in [-0.1, -0.05) is 43.7 Å². The minimum Gasteiger partial charge on any atom is -0.460 e. The van der Waals surface area contributed by atoms with E-state index in [4.69, 9.17) is 0 Å². The zero-order valence-corrected chi connectivity index (χ0v) is 13.4. The molecule has 0 spiro atoms. The van der Waals surface area contributed by atoms with E-state index in [1.54, 1.807) is 6.07 Å². The molecule has 2 aromatic carbocycles. The van der Waals surface area contributed by atoms with Gasteiger partial charge < -0.3 is 4.74 Å². The second-order valence-corrected chi connectivity index (χ2v) is 4.84. The molecule has 7 heteroatoms. The molecule has 25 heavy (non-hydrogen) atoms. The van der Waals surface area contributed by atoms with Gasteiger partial charge in [-0.3, -0.25) is 4.94 Å². The van der Waals surface area contributed by atoms with Gasteiger partial charge in [0.25, 0.3) is 0 Å². The highest BCUT2D eigenvalue weighted by Gasteiger charge is 2.06. The van der Waals surface area contributed by atoms with Crippen molar-refractivity contribution in [2.45, 2.75) is 19.8 Å². The summed E-state index contributed by atoms with van der Waals surface area (Å²) in [5, 5.41) is 0. The fraction of sp³-hybridized carbons (Fsp3) is 0.222. The Morgan fingerprint density at radius 2 is 1.68 bits per heavy atom.